The van der Waals surface area contributed by atoms with Gasteiger partial charge in [0.25, 0.3) is 0 Å². The Kier molecular flexibility index (Phi) is 5.58. The second-order valence-corrected chi connectivity index (χ2v) is 2.34. The summed E-state index contributed by atoms with van der Waals surface area (Å²) in [5.74, 6) is -2.46. The van der Waals surface area contributed by atoms with Crippen molar-refractivity contribution in [3.05, 3.63) is 0 Å². The number of aliphatic carboxylic acids is 1. The number of carbonyl (C=O) groups excluding carboxylic acids is 2. The highest BCUT2D eigenvalue weighted by atomic mass is 35.5. The molecule has 0 aliphatic heterocycles. The molecule has 8 heteroatoms. The number of carbonyl (C=O) groups is 3. The van der Waals surface area contributed by atoms with Gasteiger partial charge in [-0.15, -0.1) is 0 Å². The molecule has 0 aromatic carbocycles. The molecule has 0 aliphatic rings. The van der Waals surface area contributed by atoms with Crippen molar-refractivity contribution in [1.82, 2.24) is 0 Å². The van der Waals surface area contributed by atoms with Crippen LogP contribution in [0.25, 0.3) is 0 Å². The van der Waals surface area contributed by atoms with Gasteiger partial charge in [-0.2, -0.15) is 0 Å². The molecule has 14 heavy (non-hydrogen) atoms. The smallest absolute Gasteiger partial charge is 0.480 e. The predicted molar refractivity (Wildman–Crippen MR) is 43.5 cm³/mol. The molecule has 7 nitrogen and oxygen atoms in total. The molecule has 0 spiro atoms. The summed E-state index contributed by atoms with van der Waals surface area (Å²) < 4.78 is 8.03. The summed E-state index contributed by atoms with van der Waals surface area (Å²) in [7, 11) is 0. The first-order valence-electron chi connectivity index (χ1n) is 3.39. The monoisotopic (exact) mass is 225 g/mol. The average molecular weight is 226 g/mol. The van der Waals surface area contributed by atoms with Gasteiger partial charge in [0.15, 0.2) is 6.07 Å². The van der Waals surface area contributed by atoms with Crippen LogP contribution in [-0.2, 0) is 19.1 Å². The minimum absolute atomic E-state index is 0.461. The summed E-state index contributed by atoms with van der Waals surface area (Å²) in [6, 6.07) is -1.87. The fourth-order valence-electron chi connectivity index (χ4n) is 0.475. The number of ether oxygens (including phenoxy) is 2. The van der Waals surface area contributed by atoms with Crippen LogP contribution >= 0.6 is 11.6 Å². The van der Waals surface area contributed by atoms with Gasteiger partial charge in [0, 0.05) is 0 Å². The van der Waals surface area contributed by atoms with Gasteiger partial charge >= 0.3 is 18.1 Å². The zero-order chi connectivity index (χ0) is 11.1. The molecule has 0 saturated heterocycles. The van der Waals surface area contributed by atoms with Crippen LogP contribution in [0.2, 0.25) is 0 Å². The van der Waals surface area contributed by atoms with Crippen molar-refractivity contribution in [2.24, 2.45) is 5.73 Å². The lowest BCUT2D eigenvalue weighted by atomic mass is 10.2. The Morgan fingerprint density at radius 3 is 2.43 bits per heavy atom. The molecule has 0 rings (SSSR count). The van der Waals surface area contributed by atoms with Gasteiger partial charge in [-0.1, -0.05) is 11.6 Å². The third-order valence-corrected chi connectivity index (χ3v) is 1.18. The predicted octanol–water partition coefficient (Wildman–Crippen LogP) is -0.336. The molecule has 0 aromatic rings. The maximum absolute atomic E-state index is 10.7. The van der Waals surface area contributed by atoms with Gasteiger partial charge in [0.05, 0.1) is 6.42 Å². The van der Waals surface area contributed by atoms with Crippen LogP contribution in [0.4, 0.5) is 4.79 Å². The average Bonchev–Trinajstić information content (AvgIpc) is 2.03. The van der Waals surface area contributed by atoms with Crippen LogP contribution in [0, 0.1) is 0 Å². The Hall–Kier alpha value is -1.34. The Morgan fingerprint density at radius 1 is 1.43 bits per heavy atom. The van der Waals surface area contributed by atoms with Gasteiger partial charge in [-0.05, 0) is 0 Å². The highest BCUT2D eigenvalue weighted by Gasteiger charge is 2.19. The minimum atomic E-state index is -1.41. The Morgan fingerprint density at radius 2 is 2.00 bits per heavy atom. The van der Waals surface area contributed by atoms with Gasteiger partial charge in [0.1, 0.15) is 6.04 Å². The molecule has 80 valence electrons. The summed E-state index contributed by atoms with van der Waals surface area (Å²) in [6.45, 7) is 0. The van der Waals surface area contributed by atoms with Crippen LogP contribution < -0.4 is 5.73 Å². The molecular formula is C6H8ClNO6. The summed E-state index contributed by atoms with van der Waals surface area (Å²) in [5.41, 5.74) is 4.99. The molecule has 0 aromatic heterocycles. The van der Waals surface area contributed by atoms with E-state index >= 15 is 0 Å². The van der Waals surface area contributed by atoms with Gasteiger partial charge < -0.3 is 20.3 Å². The minimum Gasteiger partial charge on any atom is -0.480 e. The van der Waals surface area contributed by atoms with E-state index in [0.29, 0.717) is 0 Å². The Balaban J connectivity index is 3.86. The first-order valence-corrected chi connectivity index (χ1v) is 3.92. The number of nitrogens with two attached hydrogens (primary N) is 1. The van der Waals surface area contributed by atoms with E-state index in [1.165, 1.54) is 0 Å². The molecule has 0 unspecified atom stereocenters. The number of carboxylic acids is 1. The van der Waals surface area contributed by atoms with Gasteiger partial charge in [0.2, 0.25) is 0 Å². The highest BCUT2D eigenvalue weighted by molar-refractivity contribution is 6.17. The number of hydrogen-bond donors (Lipinski definition) is 2. The summed E-state index contributed by atoms with van der Waals surface area (Å²) in [4.78, 5) is 31.4. The maximum Gasteiger partial charge on any atom is 0.517 e. The fraction of sp³-hybridized carbons (Fsp3) is 0.500. The van der Waals surface area contributed by atoms with Crippen LogP contribution in [0.1, 0.15) is 6.42 Å². The van der Waals surface area contributed by atoms with Crippen molar-refractivity contribution in [2.75, 3.05) is 6.07 Å². The number of rotatable bonds is 4. The molecule has 0 aliphatic carbocycles. The number of alkyl halides is 1. The molecule has 3 N–H and O–H groups in total. The van der Waals surface area contributed by atoms with Crippen molar-refractivity contribution in [1.29, 1.82) is 0 Å². The van der Waals surface area contributed by atoms with Crippen molar-refractivity contribution >= 4 is 29.7 Å². The van der Waals surface area contributed by atoms with E-state index in [4.69, 9.17) is 22.4 Å². The van der Waals surface area contributed by atoms with E-state index in [1.54, 1.807) is 0 Å². The molecule has 0 heterocycles. The quantitative estimate of drug-likeness (QED) is 0.382. The standard InChI is InChI=1S/C6H8ClNO6/c7-2-13-6(12)14-4(9)1-3(8)5(10)11/h3H,1-2,8H2,(H,10,11)/t3-/m1/s1. The van der Waals surface area contributed by atoms with Crippen molar-refractivity contribution in [3.8, 4) is 0 Å². The molecule has 0 radical (unpaired) electrons. The zero-order valence-electron chi connectivity index (χ0n) is 6.94. The maximum atomic E-state index is 10.7. The van der Waals surface area contributed by atoms with E-state index in [2.05, 4.69) is 9.47 Å². The van der Waals surface area contributed by atoms with E-state index < -0.39 is 36.6 Å². The van der Waals surface area contributed by atoms with Gasteiger partial charge in [-0.3, -0.25) is 9.59 Å². The van der Waals surface area contributed by atoms with Gasteiger partial charge in [-0.25, -0.2) is 4.79 Å². The lowest BCUT2D eigenvalue weighted by molar-refractivity contribution is -0.146. The number of halogens is 1. The number of carboxylic acid groups (broad SMARTS) is 1. The second kappa shape index (κ2) is 6.17. The summed E-state index contributed by atoms with van der Waals surface area (Å²) >= 11 is 4.98. The Bertz CT molecular complexity index is 242. The summed E-state index contributed by atoms with van der Waals surface area (Å²) in [5, 5.41) is 8.30. The van der Waals surface area contributed by atoms with Crippen molar-refractivity contribution in [2.45, 2.75) is 12.5 Å². The molecule has 0 amide bonds. The first kappa shape index (κ1) is 12.7. The second-order valence-electron chi connectivity index (χ2n) is 2.13. The van der Waals surface area contributed by atoms with Crippen molar-refractivity contribution < 1.29 is 29.0 Å². The topological polar surface area (TPSA) is 116 Å². The number of esters is 1. The lowest BCUT2D eigenvalue weighted by Gasteiger charge is -2.04. The van der Waals surface area contributed by atoms with E-state index in [1.807, 2.05) is 0 Å². The molecule has 0 fully saturated rings. The third kappa shape index (κ3) is 5.33. The van der Waals surface area contributed by atoms with Crippen LogP contribution in [-0.4, -0.2) is 35.3 Å². The molecule has 1 atom stereocenters. The van der Waals surface area contributed by atoms with E-state index in [-0.39, 0.29) is 0 Å². The molecule has 0 saturated carbocycles. The Labute approximate surface area is 83.7 Å². The largest absolute Gasteiger partial charge is 0.517 e. The van der Waals surface area contributed by atoms with Crippen LogP contribution in [0.3, 0.4) is 0 Å². The normalized spacial score (nSPS) is 11.6. The SMILES string of the molecule is N[C@H](CC(=O)OC(=O)OCCl)C(=O)O. The lowest BCUT2D eigenvalue weighted by Crippen LogP contribution is -2.33. The zero-order valence-corrected chi connectivity index (χ0v) is 7.69. The number of hydrogen-bond acceptors (Lipinski definition) is 6. The molecular weight excluding hydrogens is 218 g/mol. The van der Waals surface area contributed by atoms with Crippen molar-refractivity contribution in [3.63, 3.8) is 0 Å². The van der Waals surface area contributed by atoms with Crippen LogP contribution in [0.15, 0.2) is 0 Å². The highest BCUT2D eigenvalue weighted by Crippen LogP contribution is 1.95. The fourth-order valence-corrected chi connectivity index (χ4v) is 0.565. The van der Waals surface area contributed by atoms with E-state index in [0.717, 1.165) is 0 Å². The first-order chi connectivity index (χ1) is 6.47. The summed E-state index contributed by atoms with van der Waals surface area (Å²) in [6.07, 6.45) is -1.91. The molecule has 0 bridgehead atoms. The van der Waals surface area contributed by atoms with Crippen LogP contribution in [0.5, 0.6) is 0 Å². The van der Waals surface area contributed by atoms with E-state index in [9.17, 15) is 14.4 Å². The third-order valence-electron chi connectivity index (χ3n) is 1.07.